The van der Waals surface area contributed by atoms with Crippen LogP contribution >= 0.6 is 0 Å². The number of hydrogen-bond donors (Lipinski definition) is 0. The first-order valence-corrected chi connectivity index (χ1v) is 6.48. The monoisotopic (exact) mass is 214 g/mol. The molecule has 0 aromatic heterocycles. The molecule has 2 aliphatic rings. The molecular formula is C15H18O. The maximum Gasteiger partial charge on any atom is 0.143 e. The summed E-state index contributed by atoms with van der Waals surface area (Å²) in [5, 5.41) is 0. The zero-order valence-electron chi connectivity index (χ0n) is 9.61. The Kier molecular flexibility index (Phi) is 2.55. The van der Waals surface area contributed by atoms with E-state index in [0.29, 0.717) is 11.7 Å². The second kappa shape index (κ2) is 4.04. The lowest BCUT2D eigenvalue weighted by atomic mass is 9.87. The third kappa shape index (κ3) is 1.59. The SMILES string of the molecule is O=C(C1CCCC1)C1CCc2ccccc21. The summed E-state index contributed by atoms with van der Waals surface area (Å²) in [4.78, 5) is 12.4. The molecular weight excluding hydrogens is 196 g/mol. The van der Waals surface area contributed by atoms with Crippen molar-refractivity contribution in [1.29, 1.82) is 0 Å². The first-order chi connectivity index (χ1) is 7.86. The summed E-state index contributed by atoms with van der Waals surface area (Å²) in [6.45, 7) is 0. The summed E-state index contributed by atoms with van der Waals surface area (Å²) in [7, 11) is 0. The fourth-order valence-corrected chi connectivity index (χ4v) is 3.35. The smallest absolute Gasteiger partial charge is 0.143 e. The maximum atomic E-state index is 12.4. The summed E-state index contributed by atoms with van der Waals surface area (Å²) in [5.41, 5.74) is 2.72. The van der Waals surface area contributed by atoms with E-state index in [1.807, 2.05) is 0 Å². The van der Waals surface area contributed by atoms with Gasteiger partial charge >= 0.3 is 0 Å². The van der Waals surface area contributed by atoms with Gasteiger partial charge in [-0.05, 0) is 36.8 Å². The van der Waals surface area contributed by atoms with Crippen molar-refractivity contribution in [2.24, 2.45) is 5.92 Å². The van der Waals surface area contributed by atoms with Gasteiger partial charge in [0.1, 0.15) is 5.78 Å². The van der Waals surface area contributed by atoms with Gasteiger partial charge in [0, 0.05) is 11.8 Å². The van der Waals surface area contributed by atoms with Gasteiger partial charge in [0.15, 0.2) is 0 Å². The number of hydrogen-bond acceptors (Lipinski definition) is 1. The number of fused-ring (bicyclic) bond motifs is 1. The first-order valence-electron chi connectivity index (χ1n) is 6.48. The number of rotatable bonds is 2. The molecule has 0 heterocycles. The standard InChI is InChI=1S/C15H18O/c16-15(12-6-1-2-7-12)14-10-9-11-5-3-4-8-13(11)14/h3-5,8,12,14H,1-2,6-7,9-10H2. The molecule has 1 heteroatoms. The van der Waals surface area contributed by atoms with Gasteiger partial charge in [0.25, 0.3) is 0 Å². The normalized spacial score (nSPS) is 24.6. The van der Waals surface area contributed by atoms with E-state index in [-0.39, 0.29) is 5.92 Å². The average molecular weight is 214 g/mol. The molecule has 0 spiro atoms. The minimum Gasteiger partial charge on any atom is -0.299 e. The molecule has 1 nitrogen and oxygen atoms in total. The van der Waals surface area contributed by atoms with Crippen molar-refractivity contribution in [3.05, 3.63) is 35.4 Å². The van der Waals surface area contributed by atoms with Gasteiger partial charge in [-0.1, -0.05) is 37.1 Å². The highest BCUT2D eigenvalue weighted by Crippen LogP contribution is 2.38. The van der Waals surface area contributed by atoms with Crippen molar-refractivity contribution in [3.8, 4) is 0 Å². The van der Waals surface area contributed by atoms with Crippen LogP contribution in [0.15, 0.2) is 24.3 Å². The Bertz CT molecular complexity index is 402. The summed E-state index contributed by atoms with van der Waals surface area (Å²) in [6.07, 6.45) is 6.93. The number of carbonyl (C=O) groups excluding carboxylic acids is 1. The van der Waals surface area contributed by atoms with Gasteiger partial charge in [0.05, 0.1) is 0 Å². The molecule has 0 amide bonds. The minimum absolute atomic E-state index is 0.222. The minimum atomic E-state index is 0.222. The highest BCUT2D eigenvalue weighted by molar-refractivity contribution is 5.89. The van der Waals surface area contributed by atoms with Crippen LogP contribution in [-0.2, 0) is 11.2 Å². The molecule has 1 saturated carbocycles. The topological polar surface area (TPSA) is 17.1 Å². The van der Waals surface area contributed by atoms with Crippen molar-refractivity contribution >= 4 is 5.78 Å². The number of Topliss-reactive ketones (excluding diaryl/α,β-unsaturated/α-hetero) is 1. The van der Waals surface area contributed by atoms with Crippen molar-refractivity contribution in [2.45, 2.75) is 44.4 Å². The molecule has 2 aliphatic carbocycles. The van der Waals surface area contributed by atoms with Gasteiger partial charge < -0.3 is 0 Å². The average Bonchev–Trinajstić information content (AvgIpc) is 2.98. The van der Waals surface area contributed by atoms with Crippen molar-refractivity contribution < 1.29 is 4.79 Å². The Morgan fingerprint density at radius 1 is 1.06 bits per heavy atom. The lowest BCUT2D eigenvalue weighted by Crippen LogP contribution is -2.18. The summed E-state index contributed by atoms with van der Waals surface area (Å²) in [5.74, 6) is 1.12. The van der Waals surface area contributed by atoms with E-state index >= 15 is 0 Å². The molecule has 0 bridgehead atoms. The molecule has 84 valence electrons. The van der Waals surface area contributed by atoms with E-state index in [0.717, 1.165) is 25.7 Å². The first kappa shape index (κ1) is 10.1. The van der Waals surface area contributed by atoms with E-state index in [1.54, 1.807) is 0 Å². The second-order valence-corrected chi connectivity index (χ2v) is 5.17. The van der Waals surface area contributed by atoms with Crippen LogP contribution in [0.25, 0.3) is 0 Å². The molecule has 0 radical (unpaired) electrons. The fourth-order valence-electron chi connectivity index (χ4n) is 3.35. The zero-order valence-corrected chi connectivity index (χ0v) is 9.61. The molecule has 1 unspecified atom stereocenters. The van der Waals surface area contributed by atoms with Crippen LogP contribution in [0.3, 0.4) is 0 Å². The predicted octanol–water partition coefficient (Wildman–Crippen LogP) is 3.48. The molecule has 3 rings (SSSR count). The van der Waals surface area contributed by atoms with E-state index in [4.69, 9.17) is 0 Å². The molecule has 0 saturated heterocycles. The maximum absolute atomic E-state index is 12.4. The third-order valence-corrected chi connectivity index (χ3v) is 4.23. The number of ketones is 1. The van der Waals surface area contributed by atoms with E-state index in [1.165, 1.54) is 24.0 Å². The van der Waals surface area contributed by atoms with E-state index in [9.17, 15) is 4.79 Å². The van der Waals surface area contributed by atoms with Crippen molar-refractivity contribution in [3.63, 3.8) is 0 Å². The summed E-state index contributed by atoms with van der Waals surface area (Å²) < 4.78 is 0. The molecule has 1 aromatic carbocycles. The molecule has 1 atom stereocenters. The van der Waals surface area contributed by atoms with Gasteiger partial charge in [0.2, 0.25) is 0 Å². The largest absolute Gasteiger partial charge is 0.299 e. The molecule has 0 aliphatic heterocycles. The Morgan fingerprint density at radius 2 is 1.81 bits per heavy atom. The summed E-state index contributed by atoms with van der Waals surface area (Å²) in [6, 6.07) is 8.48. The van der Waals surface area contributed by atoms with Crippen LogP contribution in [0.4, 0.5) is 0 Å². The molecule has 1 aromatic rings. The van der Waals surface area contributed by atoms with E-state index in [2.05, 4.69) is 24.3 Å². The number of aryl methyl sites for hydroxylation is 1. The fraction of sp³-hybridized carbons (Fsp3) is 0.533. The van der Waals surface area contributed by atoms with Crippen LogP contribution in [0.1, 0.15) is 49.1 Å². The zero-order chi connectivity index (χ0) is 11.0. The third-order valence-electron chi connectivity index (χ3n) is 4.23. The number of carbonyl (C=O) groups is 1. The van der Waals surface area contributed by atoms with Gasteiger partial charge in [-0.3, -0.25) is 4.79 Å². The van der Waals surface area contributed by atoms with Gasteiger partial charge in [-0.2, -0.15) is 0 Å². The van der Waals surface area contributed by atoms with Crippen LogP contribution in [0.2, 0.25) is 0 Å². The van der Waals surface area contributed by atoms with Crippen molar-refractivity contribution in [1.82, 2.24) is 0 Å². The predicted molar refractivity (Wildman–Crippen MR) is 64.5 cm³/mol. The Hall–Kier alpha value is -1.11. The lowest BCUT2D eigenvalue weighted by molar-refractivity contribution is -0.124. The Morgan fingerprint density at radius 3 is 2.62 bits per heavy atom. The molecule has 0 N–H and O–H groups in total. The van der Waals surface area contributed by atoms with Crippen LogP contribution in [0, 0.1) is 5.92 Å². The Labute approximate surface area is 96.9 Å². The Balaban J connectivity index is 1.84. The highest BCUT2D eigenvalue weighted by atomic mass is 16.1. The second-order valence-electron chi connectivity index (χ2n) is 5.17. The lowest BCUT2D eigenvalue weighted by Gasteiger charge is -2.15. The molecule has 1 fully saturated rings. The summed E-state index contributed by atoms with van der Waals surface area (Å²) >= 11 is 0. The van der Waals surface area contributed by atoms with Crippen LogP contribution in [0.5, 0.6) is 0 Å². The quantitative estimate of drug-likeness (QED) is 0.736. The van der Waals surface area contributed by atoms with Crippen molar-refractivity contribution in [2.75, 3.05) is 0 Å². The van der Waals surface area contributed by atoms with E-state index < -0.39 is 0 Å². The highest BCUT2D eigenvalue weighted by Gasteiger charge is 2.33. The van der Waals surface area contributed by atoms with Crippen LogP contribution < -0.4 is 0 Å². The number of benzene rings is 1. The van der Waals surface area contributed by atoms with Crippen LogP contribution in [-0.4, -0.2) is 5.78 Å². The van der Waals surface area contributed by atoms with Gasteiger partial charge in [-0.25, -0.2) is 0 Å². The molecule has 16 heavy (non-hydrogen) atoms. The van der Waals surface area contributed by atoms with Gasteiger partial charge in [-0.15, -0.1) is 0 Å².